The molecule has 1 aromatic heterocycles. The molecule has 0 radical (unpaired) electrons. The second-order valence-electron chi connectivity index (χ2n) is 6.61. The number of carbonyl (C=O) groups is 2. The molecule has 0 bridgehead atoms. The van der Waals surface area contributed by atoms with Crippen molar-refractivity contribution < 1.29 is 14.7 Å². The van der Waals surface area contributed by atoms with E-state index in [0.717, 1.165) is 43.4 Å². The van der Waals surface area contributed by atoms with Crippen LogP contribution in [0.2, 0.25) is 0 Å². The van der Waals surface area contributed by atoms with Crippen molar-refractivity contribution in [1.29, 1.82) is 0 Å². The number of aromatic nitrogens is 1. The lowest BCUT2D eigenvalue weighted by atomic mass is 10.0. The summed E-state index contributed by atoms with van der Waals surface area (Å²) in [5, 5.41) is 11.9. The van der Waals surface area contributed by atoms with Crippen LogP contribution in [0.25, 0.3) is 0 Å². The molecule has 0 aliphatic heterocycles. The Bertz CT molecular complexity index is 858. The van der Waals surface area contributed by atoms with E-state index >= 15 is 0 Å². The molecule has 136 valence electrons. The number of aliphatic carboxylic acids is 1. The molecule has 3 N–H and O–H groups in total. The van der Waals surface area contributed by atoms with Crippen LogP contribution in [0.15, 0.2) is 41.2 Å². The number of carboxylic acid groups (broad SMARTS) is 1. The zero-order valence-corrected chi connectivity index (χ0v) is 14.5. The first-order valence-corrected chi connectivity index (χ1v) is 8.87. The molecule has 2 aromatic rings. The van der Waals surface area contributed by atoms with Crippen LogP contribution < -0.4 is 10.9 Å². The van der Waals surface area contributed by atoms with Gasteiger partial charge in [0.05, 0.1) is 12.5 Å². The van der Waals surface area contributed by atoms with Gasteiger partial charge in [0, 0.05) is 5.69 Å². The van der Waals surface area contributed by atoms with Gasteiger partial charge in [-0.2, -0.15) is 0 Å². The van der Waals surface area contributed by atoms with Crippen molar-refractivity contribution in [3.05, 3.63) is 69.1 Å². The van der Waals surface area contributed by atoms with Crippen molar-refractivity contribution in [2.75, 3.05) is 0 Å². The summed E-state index contributed by atoms with van der Waals surface area (Å²) in [6.07, 6.45) is 4.57. The Balaban J connectivity index is 1.87. The molecule has 6 nitrogen and oxygen atoms in total. The van der Waals surface area contributed by atoms with Gasteiger partial charge in [-0.3, -0.25) is 14.4 Å². The van der Waals surface area contributed by atoms with Crippen molar-refractivity contribution in [3.63, 3.8) is 0 Å². The van der Waals surface area contributed by atoms with Gasteiger partial charge in [0.25, 0.3) is 11.5 Å². The first-order chi connectivity index (χ1) is 12.5. The second kappa shape index (κ2) is 7.99. The lowest BCUT2D eigenvalue weighted by molar-refractivity contribution is -0.137. The lowest BCUT2D eigenvalue weighted by Gasteiger charge is -2.18. The van der Waals surface area contributed by atoms with E-state index in [0.29, 0.717) is 5.56 Å². The van der Waals surface area contributed by atoms with Crippen molar-refractivity contribution in [2.45, 2.75) is 44.6 Å². The van der Waals surface area contributed by atoms with Gasteiger partial charge in [0.15, 0.2) is 0 Å². The number of hydrogen-bond acceptors (Lipinski definition) is 3. The second-order valence-corrected chi connectivity index (χ2v) is 6.61. The summed E-state index contributed by atoms with van der Waals surface area (Å²) >= 11 is 0. The van der Waals surface area contributed by atoms with Gasteiger partial charge in [-0.15, -0.1) is 0 Å². The normalized spacial score (nSPS) is 14.8. The molecule has 1 heterocycles. The summed E-state index contributed by atoms with van der Waals surface area (Å²) < 4.78 is 0. The number of pyridine rings is 1. The van der Waals surface area contributed by atoms with Crippen molar-refractivity contribution in [2.24, 2.45) is 0 Å². The molecule has 0 saturated carbocycles. The SMILES string of the molecule is O=C(O)CC(NC(=O)c1cc2c([nH]c1=O)CCCCC2)c1ccccc1. The Morgan fingerprint density at radius 1 is 1.12 bits per heavy atom. The highest BCUT2D eigenvalue weighted by Gasteiger charge is 2.22. The number of carbonyl (C=O) groups excluding carboxylic acids is 1. The molecule has 1 unspecified atom stereocenters. The van der Waals surface area contributed by atoms with E-state index in [4.69, 9.17) is 5.11 Å². The number of hydrogen-bond donors (Lipinski definition) is 3. The summed E-state index contributed by atoms with van der Waals surface area (Å²) in [4.78, 5) is 39.0. The van der Waals surface area contributed by atoms with Crippen LogP contribution in [0.3, 0.4) is 0 Å². The number of amides is 1. The van der Waals surface area contributed by atoms with Gasteiger partial charge in [-0.1, -0.05) is 36.8 Å². The molecular weight excluding hydrogens is 332 g/mol. The molecule has 6 heteroatoms. The summed E-state index contributed by atoms with van der Waals surface area (Å²) in [6.45, 7) is 0. The van der Waals surface area contributed by atoms with Gasteiger partial charge >= 0.3 is 5.97 Å². The van der Waals surface area contributed by atoms with Gasteiger partial charge in [-0.25, -0.2) is 0 Å². The van der Waals surface area contributed by atoms with Crippen LogP contribution in [-0.2, 0) is 17.6 Å². The lowest BCUT2D eigenvalue weighted by Crippen LogP contribution is -2.34. The van der Waals surface area contributed by atoms with Crippen molar-refractivity contribution in [3.8, 4) is 0 Å². The van der Waals surface area contributed by atoms with Gasteiger partial charge in [0.2, 0.25) is 0 Å². The highest BCUT2D eigenvalue weighted by atomic mass is 16.4. The smallest absolute Gasteiger partial charge is 0.305 e. The number of fused-ring (bicyclic) bond motifs is 1. The molecule has 1 atom stereocenters. The van der Waals surface area contributed by atoms with Gasteiger partial charge in [-0.05, 0) is 42.9 Å². The molecule has 0 spiro atoms. The number of H-pyrrole nitrogens is 1. The Morgan fingerprint density at radius 2 is 1.85 bits per heavy atom. The van der Waals surface area contributed by atoms with E-state index < -0.39 is 23.5 Å². The van der Waals surface area contributed by atoms with E-state index in [1.807, 2.05) is 6.07 Å². The van der Waals surface area contributed by atoms with E-state index in [9.17, 15) is 14.4 Å². The maximum Gasteiger partial charge on any atom is 0.305 e. The maximum atomic E-state index is 12.7. The predicted molar refractivity (Wildman–Crippen MR) is 97.2 cm³/mol. The minimum Gasteiger partial charge on any atom is -0.481 e. The van der Waals surface area contributed by atoms with Crippen LogP contribution in [0.5, 0.6) is 0 Å². The average molecular weight is 354 g/mol. The van der Waals surface area contributed by atoms with Crippen LogP contribution in [0.4, 0.5) is 0 Å². The molecule has 0 fully saturated rings. The molecule has 1 amide bonds. The molecule has 1 aliphatic carbocycles. The zero-order chi connectivity index (χ0) is 18.5. The summed E-state index contributed by atoms with van der Waals surface area (Å²) in [5.41, 5.74) is 2.22. The fourth-order valence-electron chi connectivity index (χ4n) is 3.37. The van der Waals surface area contributed by atoms with Crippen LogP contribution in [0, 0.1) is 0 Å². The quantitative estimate of drug-likeness (QED) is 0.719. The monoisotopic (exact) mass is 354 g/mol. The third-order valence-electron chi connectivity index (χ3n) is 4.72. The van der Waals surface area contributed by atoms with Crippen LogP contribution >= 0.6 is 0 Å². The van der Waals surface area contributed by atoms with E-state index in [-0.39, 0.29) is 12.0 Å². The highest BCUT2D eigenvalue weighted by molar-refractivity contribution is 5.94. The summed E-state index contributed by atoms with van der Waals surface area (Å²) in [7, 11) is 0. The predicted octanol–water partition coefficient (Wildman–Crippen LogP) is 2.59. The third-order valence-corrected chi connectivity index (χ3v) is 4.72. The maximum absolute atomic E-state index is 12.7. The fourth-order valence-corrected chi connectivity index (χ4v) is 3.37. The molecule has 3 rings (SSSR count). The number of aryl methyl sites for hydroxylation is 2. The number of rotatable bonds is 5. The van der Waals surface area contributed by atoms with E-state index in [1.54, 1.807) is 30.3 Å². The summed E-state index contributed by atoms with van der Waals surface area (Å²) in [5.74, 6) is -1.57. The fraction of sp³-hybridized carbons (Fsp3) is 0.350. The van der Waals surface area contributed by atoms with E-state index in [2.05, 4.69) is 10.3 Å². The number of nitrogens with one attached hydrogen (secondary N) is 2. The first kappa shape index (κ1) is 17.9. The highest BCUT2D eigenvalue weighted by Crippen LogP contribution is 2.20. The molecule has 26 heavy (non-hydrogen) atoms. The standard InChI is InChI=1S/C20H22N2O4/c23-18(24)12-17(13-7-3-1-4-8-13)22-20(26)15-11-14-9-5-2-6-10-16(14)21-19(15)25/h1,3-4,7-8,11,17H,2,5-6,9-10,12H2,(H,21,25)(H,22,26)(H,23,24). The zero-order valence-electron chi connectivity index (χ0n) is 14.5. The average Bonchev–Trinajstić information content (AvgIpc) is 2.85. The Kier molecular flexibility index (Phi) is 5.51. The molecular formula is C20H22N2O4. The summed E-state index contributed by atoms with van der Waals surface area (Å²) in [6, 6.07) is 9.87. The molecule has 1 aromatic carbocycles. The van der Waals surface area contributed by atoms with Gasteiger partial charge < -0.3 is 15.4 Å². The number of benzene rings is 1. The topological polar surface area (TPSA) is 99.3 Å². The molecule has 0 saturated heterocycles. The number of carboxylic acids is 1. The van der Waals surface area contributed by atoms with Gasteiger partial charge in [0.1, 0.15) is 5.56 Å². The number of aromatic amines is 1. The van der Waals surface area contributed by atoms with Crippen LogP contribution in [0.1, 0.15) is 58.9 Å². The minimum atomic E-state index is -1.02. The Hall–Kier alpha value is -2.89. The first-order valence-electron chi connectivity index (χ1n) is 8.87. The van der Waals surface area contributed by atoms with Crippen molar-refractivity contribution in [1.82, 2.24) is 10.3 Å². The van der Waals surface area contributed by atoms with Crippen LogP contribution in [-0.4, -0.2) is 22.0 Å². The van der Waals surface area contributed by atoms with Crippen molar-refractivity contribution >= 4 is 11.9 Å². The minimum absolute atomic E-state index is 0.0389. The third kappa shape index (κ3) is 4.20. The molecule has 1 aliphatic rings. The largest absolute Gasteiger partial charge is 0.481 e. The Labute approximate surface area is 151 Å². The van der Waals surface area contributed by atoms with E-state index in [1.165, 1.54) is 0 Å². The Morgan fingerprint density at radius 3 is 2.58 bits per heavy atom.